The largest absolute Gasteiger partial charge is 0.479 e. The van der Waals surface area contributed by atoms with E-state index in [0.717, 1.165) is 0 Å². The summed E-state index contributed by atoms with van der Waals surface area (Å²) in [6, 6.07) is 4.99. The Kier molecular flexibility index (Phi) is 4.17. The van der Waals surface area contributed by atoms with E-state index in [1.807, 2.05) is 0 Å². The van der Waals surface area contributed by atoms with Crippen molar-refractivity contribution in [2.45, 2.75) is 30.7 Å². The number of carboxylic acids is 1. The van der Waals surface area contributed by atoms with Gasteiger partial charge >= 0.3 is 5.97 Å². The maximum Gasteiger partial charge on any atom is 0.335 e. The van der Waals surface area contributed by atoms with E-state index in [4.69, 9.17) is 26.2 Å². The second kappa shape index (κ2) is 5.99. The Bertz CT molecular complexity index is 733. The molecule has 2 heterocycles. The number of aliphatic hydroxyl groups is 3. The smallest absolute Gasteiger partial charge is 0.335 e. The van der Waals surface area contributed by atoms with Crippen molar-refractivity contribution in [3.63, 3.8) is 0 Å². The van der Waals surface area contributed by atoms with E-state index in [1.165, 1.54) is 6.20 Å². The molecule has 9 heteroatoms. The fraction of sp³-hybridized carbons (Fsp3) is 0.357. The number of halogens is 1. The summed E-state index contributed by atoms with van der Waals surface area (Å²) in [6.07, 6.45) is -6.76. The Hall–Kier alpha value is -1.84. The Morgan fingerprint density at radius 2 is 1.96 bits per heavy atom. The SMILES string of the molecule is O=C(O)[C@H]1O[C@H](Oc2c[nH]c3cc(Cl)ccc23)[C@H](O)[C@@H](O)[C@@H]1O. The Labute approximate surface area is 134 Å². The lowest BCUT2D eigenvalue weighted by Gasteiger charge is -2.38. The van der Waals surface area contributed by atoms with Crippen LogP contribution in [0.1, 0.15) is 0 Å². The van der Waals surface area contributed by atoms with Crippen molar-refractivity contribution >= 4 is 28.5 Å². The predicted octanol–water partition coefficient (Wildman–Crippen LogP) is 0.0923. The molecule has 23 heavy (non-hydrogen) atoms. The molecule has 1 aromatic heterocycles. The number of fused-ring (bicyclic) bond motifs is 1. The minimum atomic E-state index is -1.76. The van der Waals surface area contributed by atoms with Gasteiger partial charge in [-0.25, -0.2) is 4.79 Å². The first-order valence-electron chi connectivity index (χ1n) is 6.74. The van der Waals surface area contributed by atoms with E-state index in [2.05, 4.69) is 4.98 Å². The second-order valence-electron chi connectivity index (χ2n) is 5.20. The Morgan fingerprint density at radius 1 is 1.22 bits per heavy atom. The van der Waals surface area contributed by atoms with E-state index in [1.54, 1.807) is 18.2 Å². The van der Waals surface area contributed by atoms with Gasteiger partial charge in [0.1, 0.15) is 24.1 Å². The third kappa shape index (κ3) is 2.87. The number of ether oxygens (including phenoxy) is 2. The van der Waals surface area contributed by atoms with E-state index in [0.29, 0.717) is 15.9 Å². The molecule has 0 saturated carbocycles. The summed E-state index contributed by atoms with van der Waals surface area (Å²) >= 11 is 5.88. The highest BCUT2D eigenvalue weighted by atomic mass is 35.5. The first-order chi connectivity index (χ1) is 10.9. The summed E-state index contributed by atoms with van der Waals surface area (Å²) in [4.78, 5) is 14.0. The maximum atomic E-state index is 11.1. The topological polar surface area (TPSA) is 132 Å². The van der Waals surface area contributed by atoms with Crippen LogP contribution in [-0.2, 0) is 9.53 Å². The van der Waals surface area contributed by atoms with Crippen LogP contribution in [0, 0.1) is 0 Å². The monoisotopic (exact) mass is 343 g/mol. The zero-order valence-corrected chi connectivity index (χ0v) is 12.3. The highest BCUT2D eigenvalue weighted by Crippen LogP contribution is 2.31. The number of benzene rings is 1. The van der Waals surface area contributed by atoms with Crippen molar-refractivity contribution in [2.24, 2.45) is 0 Å². The highest BCUT2D eigenvalue weighted by molar-refractivity contribution is 6.31. The third-order valence-corrected chi connectivity index (χ3v) is 3.90. The number of rotatable bonds is 3. The van der Waals surface area contributed by atoms with Crippen LogP contribution in [0.5, 0.6) is 5.75 Å². The molecule has 1 saturated heterocycles. The zero-order valence-electron chi connectivity index (χ0n) is 11.6. The summed E-state index contributed by atoms with van der Waals surface area (Å²) in [5.74, 6) is -1.18. The first-order valence-corrected chi connectivity index (χ1v) is 7.12. The van der Waals surface area contributed by atoms with Crippen LogP contribution >= 0.6 is 11.6 Å². The molecule has 0 spiro atoms. The molecular weight excluding hydrogens is 330 g/mol. The fourth-order valence-electron chi connectivity index (χ4n) is 2.44. The Morgan fingerprint density at radius 3 is 2.65 bits per heavy atom. The summed E-state index contributed by atoms with van der Waals surface area (Å²) in [5, 5.41) is 39.5. The van der Waals surface area contributed by atoms with Gasteiger partial charge in [0.15, 0.2) is 6.10 Å². The van der Waals surface area contributed by atoms with Crippen LogP contribution in [0.15, 0.2) is 24.4 Å². The van der Waals surface area contributed by atoms with E-state index in [9.17, 15) is 20.1 Å². The zero-order chi connectivity index (χ0) is 16.7. The molecule has 5 atom stereocenters. The second-order valence-corrected chi connectivity index (χ2v) is 5.63. The summed E-state index contributed by atoms with van der Waals surface area (Å²) in [6.45, 7) is 0. The average molecular weight is 344 g/mol. The molecule has 5 N–H and O–H groups in total. The third-order valence-electron chi connectivity index (χ3n) is 3.66. The van der Waals surface area contributed by atoms with E-state index in [-0.39, 0.29) is 5.75 Å². The molecule has 1 aliphatic rings. The number of hydrogen-bond acceptors (Lipinski definition) is 6. The van der Waals surface area contributed by atoms with Gasteiger partial charge in [-0.2, -0.15) is 0 Å². The highest BCUT2D eigenvalue weighted by Gasteiger charge is 2.48. The molecule has 8 nitrogen and oxygen atoms in total. The van der Waals surface area contributed by atoms with Crippen LogP contribution in [-0.4, -0.2) is 62.1 Å². The van der Waals surface area contributed by atoms with Gasteiger partial charge in [-0.1, -0.05) is 11.6 Å². The van der Waals surface area contributed by atoms with Gasteiger partial charge in [0.2, 0.25) is 6.29 Å². The van der Waals surface area contributed by atoms with Gasteiger partial charge in [0.05, 0.1) is 5.52 Å². The lowest BCUT2D eigenvalue weighted by atomic mass is 9.99. The van der Waals surface area contributed by atoms with Gasteiger partial charge in [0.25, 0.3) is 0 Å². The van der Waals surface area contributed by atoms with Crippen LogP contribution in [0.2, 0.25) is 5.02 Å². The number of carbonyl (C=O) groups is 1. The lowest BCUT2D eigenvalue weighted by Crippen LogP contribution is -2.61. The number of aromatic amines is 1. The van der Waals surface area contributed by atoms with Crippen molar-refractivity contribution in [3.8, 4) is 5.75 Å². The number of carboxylic acid groups (broad SMARTS) is 1. The molecule has 3 rings (SSSR count). The molecule has 1 fully saturated rings. The number of aromatic nitrogens is 1. The predicted molar refractivity (Wildman–Crippen MR) is 78.3 cm³/mol. The molecule has 0 amide bonds. The van der Waals surface area contributed by atoms with Crippen molar-refractivity contribution in [3.05, 3.63) is 29.4 Å². The Balaban J connectivity index is 1.86. The van der Waals surface area contributed by atoms with Gasteiger partial charge in [-0.05, 0) is 18.2 Å². The minimum absolute atomic E-state index is 0.286. The normalized spacial score (nSPS) is 31.2. The quantitative estimate of drug-likeness (QED) is 0.533. The van der Waals surface area contributed by atoms with Crippen LogP contribution in [0.3, 0.4) is 0 Å². The van der Waals surface area contributed by atoms with Crippen molar-refractivity contribution < 1.29 is 34.7 Å². The first kappa shape index (κ1) is 16.0. The summed E-state index contributed by atoms with van der Waals surface area (Å²) < 4.78 is 10.5. The van der Waals surface area contributed by atoms with E-state index < -0.39 is 36.7 Å². The van der Waals surface area contributed by atoms with Gasteiger partial charge in [-0.15, -0.1) is 0 Å². The van der Waals surface area contributed by atoms with Gasteiger partial charge < -0.3 is 34.9 Å². The number of H-pyrrole nitrogens is 1. The van der Waals surface area contributed by atoms with Crippen molar-refractivity contribution in [2.75, 3.05) is 0 Å². The number of aliphatic carboxylic acids is 1. The summed E-state index contributed by atoms with van der Waals surface area (Å²) in [7, 11) is 0. The molecule has 0 aliphatic carbocycles. The molecule has 1 aliphatic heterocycles. The molecule has 1 aromatic carbocycles. The minimum Gasteiger partial charge on any atom is -0.479 e. The molecule has 0 bridgehead atoms. The molecule has 2 aromatic rings. The van der Waals surface area contributed by atoms with Crippen molar-refractivity contribution in [1.29, 1.82) is 0 Å². The number of aliphatic hydroxyl groups excluding tert-OH is 3. The summed E-state index contributed by atoms with van der Waals surface area (Å²) in [5.41, 5.74) is 0.674. The van der Waals surface area contributed by atoms with E-state index >= 15 is 0 Å². The molecular formula is C14H14ClNO7. The van der Waals surface area contributed by atoms with Gasteiger partial charge in [0, 0.05) is 16.6 Å². The van der Waals surface area contributed by atoms with Crippen LogP contribution < -0.4 is 4.74 Å². The lowest BCUT2D eigenvalue weighted by molar-refractivity contribution is -0.270. The number of nitrogens with one attached hydrogen (secondary N) is 1. The van der Waals surface area contributed by atoms with Gasteiger partial charge in [-0.3, -0.25) is 0 Å². The number of hydrogen-bond donors (Lipinski definition) is 5. The maximum absolute atomic E-state index is 11.1. The van der Waals surface area contributed by atoms with Crippen molar-refractivity contribution in [1.82, 2.24) is 4.98 Å². The standard InChI is InChI=1S/C14H14ClNO7/c15-5-1-2-6-7(3-5)16-4-8(6)22-14-11(19)9(17)10(18)12(23-14)13(20)21/h1-4,9-12,14,16-19H,(H,20,21)/t9-,10-,11+,12-,14-/m0/s1. The molecule has 0 unspecified atom stereocenters. The molecule has 124 valence electrons. The van der Waals surface area contributed by atoms with Crippen LogP contribution in [0.4, 0.5) is 0 Å². The average Bonchev–Trinajstić information content (AvgIpc) is 2.89. The molecule has 0 radical (unpaired) electrons. The van der Waals surface area contributed by atoms with Crippen LogP contribution in [0.25, 0.3) is 10.9 Å². The fourth-order valence-corrected chi connectivity index (χ4v) is 2.62.